The second-order valence-corrected chi connectivity index (χ2v) is 7.71. The average Bonchev–Trinajstić information content (AvgIpc) is 3.38. The molecule has 0 aliphatic carbocycles. The monoisotopic (exact) mass is 448 g/mol. The van der Waals surface area contributed by atoms with E-state index in [9.17, 15) is 22.8 Å². The summed E-state index contributed by atoms with van der Waals surface area (Å²) in [6.07, 6.45) is 2.61. The molecule has 0 radical (unpaired) electrons. The lowest BCUT2D eigenvalue weighted by atomic mass is 10.1. The molecule has 3 aliphatic rings. The topological polar surface area (TPSA) is 118 Å². The number of anilines is 1. The maximum absolute atomic E-state index is 13.2. The summed E-state index contributed by atoms with van der Waals surface area (Å²) in [5, 5.41) is 7.48. The van der Waals surface area contributed by atoms with E-state index in [0.29, 0.717) is 30.0 Å². The summed E-state index contributed by atoms with van der Waals surface area (Å²) >= 11 is 0. The van der Waals surface area contributed by atoms with Gasteiger partial charge >= 0.3 is 12.2 Å². The van der Waals surface area contributed by atoms with Gasteiger partial charge in [-0.1, -0.05) is 6.08 Å². The van der Waals surface area contributed by atoms with Gasteiger partial charge in [0.2, 0.25) is 11.9 Å². The first kappa shape index (κ1) is 20.2. The van der Waals surface area contributed by atoms with E-state index in [0.717, 1.165) is 12.1 Å². The summed E-state index contributed by atoms with van der Waals surface area (Å²) < 4.78 is 37.4. The highest BCUT2D eigenvalue weighted by Gasteiger charge is 2.43. The second-order valence-electron chi connectivity index (χ2n) is 7.71. The van der Waals surface area contributed by atoms with E-state index in [1.54, 1.807) is 24.5 Å². The number of urea groups is 1. The largest absolute Gasteiger partial charge is 0.405 e. The number of nitrogens with zero attached hydrogens (tertiary/aromatic N) is 4. The Balaban J connectivity index is 1.36. The molecule has 3 aliphatic heterocycles. The van der Waals surface area contributed by atoms with Crippen LogP contribution in [0.4, 0.5) is 23.9 Å². The number of halogens is 3. The smallest absolute Gasteiger partial charge is 0.366 e. The zero-order valence-electron chi connectivity index (χ0n) is 16.6. The van der Waals surface area contributed by atoms with Crippen molar-refractivity contribution < 1.29 is 22.8 Å². The number of fused-ring (bicyclic) bond motifs is 4. The number of aromatic nitrogens is 3. The second kappa shape index (κ2) is 7.43. The molecular weight excluding hydrogens is 429 g/mol. The highest BCUT2D eigenvalue weighted by molar-refractivity contribution is 5.91. The van der Waals surface area contributed by atoms with Crippen LogP contribution < -0.4 is 16.0 Å². The van der Waals surface area contributed by atoms with E-state index < -0.39 is 30.7 Å². The molecule has 32 heavy (non-hydrogen) atoms. The zero-order valence-corrected chi connectivity index (χ0v) is 16.6. The van der Waals surface area contributed by atoms with E-state index in [2.05, 4.69) is 30.5 Å². The van der Waals surface area contributed by atoms with Gasteiger partial charge in [0.15, 0.2) is 0 Å². The van der Waals surface area contributed by atoms with Crippen molar-refractivity contribution in [1.82, 2.24) is 35.4 Å². The average molecular weight is 448 g/mol. The highest BCUT2D eigenvalue weighted by Crippen LogP contribution is 2.33. The number of dihydropyridines is 1. The molecule has 5 heterocycles. The van der Waals surface area contributed by atoms with E-state index in [1.165, 1.54) is 11.0 Å². The number of carbonyl (C=O) groups excluding carboxylic acids is 2. The van der Waals surface area contributed by atoms with Crippen LogP contribution in [0.5, 0.6) is 0 Å². The van der Waals surface area contributed by atoms with Gasteiger partial charge in [0, 0.05) is 19.3 Å². The number of aromatic amines is 1. The van der Waals surface area contributed by atoms with Gasteiger partial charge in [-0.25, -0.2) is 14.8 Å². The van der Waals surface area contributed by atoms with Gasteiger partial charge < -0.3 is 20.5 Å². The number of hydrogen-bond donors (Lipinski definition) is 4. The maximum Gasteiger partial charge on any atom is 0.405 e. The van der Waals surface area contributed by atoms with Crippen molar-refractivity contribution in [2.75, 3.05) is 25.0 Å². The minimum atomic E-state index is -4.51. The predicted octanol–water partition coefficient (Wildman–Crippen LogP) is 1.26. The normalized spacial score (nSPS) is 22.1. The van der Waals surface area contributed by atoms with Crippen LogP contribution >= 0.6 is 0 Å². The molecule has 2 aromatic rings. The Kier molecular flexibility index (Phi) is 4.68. The van der Waals surface area contributed by atoms with Crippen LogP contribution in [0.25, 0.3) is 11.0 Å². The molecule has 168 valence electrons. The Morgan fingerprint density at radius 3 is 2.97 bits per heavy atom. The molecule has 1 saturated heterocycles. The number of nitrogens with one attached hydrogen (secondary N) is 4. The third-order valence-electron chi connectivity index (χ3n) is 5.57. The quantitative estimate of drug-likeness (QED) is 0.562. The summed E-state index contributed by atoms with van der Waals surface area (Å²) in [6, 6.07) is 0.0529. The molecule has 13 heteroatoms. The number of allylic oxidation sites excluding steroid dienone is 1. The molecule has 10 nitrogen and oxygen atoms in total. The van der Waals surface area contributed by atoms with Crippen molar-refractivity contribution in [2.24, 2.45) is 0 Å². The summed E-state index contributed by atoms with van der Waals surface area (Å²) in [7, 11) is 0. The van der Waals surface area contributed by atoms with Gasteiger partial charge in [-0.05, 0) is 18.6 Å². The third-order valence-corrected chi connectivity index (χ3v) is 5.57. The molecule has 4 N–H and O–H groups in total. The predicted molar refractivity (Wildman–Crippen MR) is 107 cm³/mol. The van der Waals surface area contributed by atoms with Crippen molar-refractivity contribution in [2.45, 2.75) is 24.7 Å². The zero-order chi connectivity index (χ0) is 22.5. The molecular formula is C19H19F3N8O2. The fourth-order valence-corrected chi connectivity index (χ4v) is 4.12. The molecule has 0 aromatic carbocycles. The minimum absolute atomic E-state index is 0.121. The SMILES string of the molecule is O=C(NCC(F)(F)F)C1C=CC2=C(N1)N(C(=O)Nc1ncc3[nH]ccc3n1)[C@H]1CCN2C1. The van der Waals surface area contributed by atoms with Gasteiger partial charge in [-0.15, -0.1) is 0 Å². The Hall–Kier alpha value is -3.77. The standard InChI is InChI=1S/C19H19F3N8O2/c20-19(21,22)9-25-16(31)12-1-2-14-15(26-12)30(10-4-6-29(14)8-10)18(32)28-17-24-7-13-11(27-17)3-5-23-13/h1-3,5,7,10,12,23,26H,4,6,8-9H2,(H,25,31)(H,24,27,28,32)/t10-,12?/m0/s1. The van der Waals surface area contributed by atoms with Crippen LogP contribution in [0.1, 0.15) is 6.42 Å². The summed E-state index contributed by atoms with van der Waals surface area (Å²) in [5.74, 6) is -0.344. The van der Waals surface area contributed by atoms with Crippen molar-refractivity contribution in [1.29, 1.82) is 0 Å². The van der Waals surface area contributed by atoms with Crippen LogP contribution in [-0.2, 0) is 4.79 Å². The lowest BCUT2D eigenvalue weighted by molar-refractivity contribution is -0.138. The fraction of sp³-hybridized carbons (Fsp3) is 0.368. The van der Waals surface area contributed by atoms with E-state index in [-0.39, 0.29) is 12.0 Å². The van der Waals surface area contributed by atoms with Crippen molar-refractivity contribution >= 4 is 28.9 Å². The van der Waals surface area contributed by atoms with Crippen molar-refractivity contribution in [3.05, 3.63) is 42.1 Å². The molecule has 3 amide bonds. The van der Waals surface area contributed by atoms with Crippen LogP contribution in [0.2, 0.25) is 0 Å². The van der Waals surface area contributed by atoms with E-state index >= 15 is 0 Å². The molecule has 1 fully saturated rings. The Morgan fingerprint density at radius 1 is 1.31 bits per heavy atom. The van der Waals surface area contributed by atoms with Gasteiger partial charge in [0.1, 0.15) is 18.4 Å². The molecule has 0 saturated carbocycles. The van der Waals surface area contributed by atoms with Gasteiger partial charge in [0.25, 0.3) is 0 Å². The van der Waals surface area contributed by atoms with Crippen LogP contribution in [-0.4, -0.2) is 74.6 Å². The number of amides is 3. The van der Waals surface area contributed by atoms with Gasteiger partial charge in [-0.3, -0.25) is 15.0 Å². The molecule has 5 rings (SSSR count). The van der Waals surface area contributed by atoms with Crippen molar-refractivity contribution in [3.8, 4) is 0 Å². The number of rotatable bonds is 3. The first-order chi connectivity index (χ1) is 15.3. The fourth-order valence-electron chi connectivity index (χ4n) is 4.12. The number of H-pyrrole nitrogens is 1. The third kappa shape index (κ3) is 3.69. The Morgan fingerprint density at radius 2 is 2.16 bits per heavy atom. The van der Waals surface area contributed by atoms with Gasteiger partial charge in [-0.2, -0.15) is 13.2 Å². The first-order valence-corrected chi connectivity index (χ1v) is 9.97. The summed E-state index contributed by atoms with van der Waals surface area (Å²) in [5.41, 5.74) is 2.07. The first-order valence-electron chi connectivity index (χ1n) is 9.97. The Bertz CT molecular complexity index is 1140. The van der Waals surface area contributed by atoms with Crippen LogP contribution in [0, 0.1) is 0 Å². The maximum atomic E-state index is 13.2. The molecule has 2 atom stereocenters. The number of hydrogen-bond acceptors (Lipinski definition) is 6. The summed E-state index contributed by atoms with van der Waals surface area (Å²) in [6.45, 7) is -0.0986. The van der Waals surface area contributed by atoms with Crippen LogP contribution in [0.15, 0.2) is 42.1 Å². The Labute approximate surface area is 179 Å². The van der Waals surface area contributed by atoms with Crippen LogP contribution in [0.3, 0.4) is 0 Å². The van der Waals surface area contributed by atoms with E-state index in [4.69, 9.17) is 0 Å². The lowest BCUT2D eigenvalue weighted by Gasteiger charge is -2.40. The molecule has 0 spiro atoms. The molecule has 2 bridgehead atoms. The highest BCUT2D eigenvalue weighted by atomic mass is 19.4. The number of alkyl halides is 3. The van der Waals surface area contributed by atoms with Gasteiger partial charge in [0.05, 0.1) is 29.0 Å². The molecule has 1 unspecified atom stereocenters. The molecule has 2 aromatic heterocycles. The van der Waals surface area contributed by atoms with E-state index in [1.807, 2.05) is 5.32 Å². The summed E-state index contributed by atoms with van der Waals surface area (Å²) in [4.78, 5) is 40.4. The number of carbonyl (C=O) groups is 2. The van der Waals surface area contributed by atoms with Crippen molar-refractivity contribution in [3.63, 3.8) is 0 Å². The minimum Gasteiger partial charge on any atom is -0.366 e. The lowest BCUT2D eigenvalue weighted by Crippen LogP contribution is -2.56.